The fourth-order valence-corrected chi connectivity index (χ4v) is 4.25. The standard InChI is InChI=1S/C29H54N2O6/c1-25(29(36)37)19-16-18-24-31-27(33)21-14-12-17-23-30-26(32)20-13-10-8-6-4-2-3-5-7-9-11-15-22-28(34)35/h25H,2-24H2,1H3,(H,30,32)(H,31,33)(H,34,35)(H,36,37)/t25-/m0/s1. The lowest BCUT2D eigenvalue weighted by atomic mass is 10.0. The molecule has 0 fully saturated rings. The van der Waals surface area contributed by atoms with Crippen LogP contribution in [0.15, 0.2) is 0 Å². The van der Waals surface area contributed by atoms with Gasteiger partial charge in [-0.3, -0.25) is 19.2 Å². The van der Waals surface area contributed by atoms with Crippen molar-refractivity contribution in [1.29, 1.82) is 0 Å². The van der Waals surface area contributed by atoms with Crippen molar-refractivity contribution in [1.82, 2.24) is 10.6 Å². The number of carboxylic acids is 2. The Morgan fingerprint density at radius 3 is 1.27 bits per heavy atom. The molecule has 8 heteroatoms. The van der Waals surface area contributed by atoms with Crippen LogP contribution in [-0.4, -0.2) is 47.1 Å². The molecule has 0 heterocycles. The lowest BCUT2D eigenvalue weighted by Crippen LogP contribution is -2.25. The summed E-state index contributed by atoms with van der Waals surface area (Å²) < 4.78 is 0. The summed E-state index contributed by atoms with van der Waals surface area (Å²) in [4.78, 5) is 44.9. The van der Waals surface area contributed by atoms with E-state index in [0.29, 0.717) is 38.8 Å². The van der Waals surface area contributed by atoms with E-state index < -0.39 is 11.9 Å². The van der Waals surface area contributed by atoms with Crippen molar-refractivity contribution in [3.05, 3.63) is 0 Å². The van der Waals surface area contributed by atoms with Crippen LogP contribution < -0.4 is 10.6 Å². The fourth-order valence-electron chi connectivity index (χ4n) is 4.25. The van der Waals surface area contributed by atoms with Crippen molar-refractivity contribution in [3.8, 4) is 0 Å². The van der Waals surface area contributed by atoms with Crippen LogP contribution in [0.3, 0.4) is 0 Å². The molecule has 0 aromatic heterocycles. The first-order valence-electron chi connectivity index (χ1n) is 14.8. The number of carbonyl (C=O) groups excluding carboxylic acids is 2. The Morgan fingerprint density at radius 2 is 0.865 bits per heavy atom. The van der Waals surface area contributed by atoms with Gasteiger partial charge in [0.2, 0.25) is 11.8 Å². The molecule has 0 spiro atoms. The van der Waals surface area contributed by atoms with Crippen LogP contribution in [0.4, 0.5) is 0 Å². The fraction of sp³-hybridized carbons (Fsp3) is 0.862. The topological polar surface area (TPSA) is 133 Å². The molecule has 0 bridgehead atoms. The maximum atomic E-state index is 11.9. The summed E-state index contributed by atoms with van der Waals surface area (Å²) in [6.45, 7) is 2.97. The van der Waals surface area contributed by atoms with E-state index in [-0.39, 0.29) is 17.7 Å². The molecule has 2 amide bonds. The summed E-state index contributed by atoms with van der Waals surface area (Å²) in [5.74, 6) is -1.63. The van der Waals surface area contributed by atoms with Crippen LogP contribution >= 0.6 is 0 Å². The van der Waals surface area contributed by atoms with Crippen molar-refractivity contribution in [2.75, 3.05) is 13.1 Å². The largest absolute Gasteiger partial charge is 0.481 e. The maximum absolute atomic E-state index is 11.9. The Morgan fingerprint density at radius 1 is 0.514 bits per heavy atom. The van der Waals surface area contributed by atoms with E-state index in [9.17, 15) is 19.2 Å². The van der Waals surface area contributed by atoms with Crippen molar-refractivity contribution in [3.63, 3.8) is 0 Å². The zero-order valence-electron chi connectivity index (χ0n) is 23.4. The number of rotatable bonds is 27. The van der Waals surface area contributed by atoms with E-state index in [1.165, 1.54) is 44.9 Å². The van der Waals surface area contributed by atoms with Crippen LogP contribution in [-0.2, 0) is 19.2 Å². The molecule has 8 nitrogen and oxygen atoms in total. The Balaban J connectivity index is 3.32. The Bertz CT molecular complexity index is 611. The van der Waals surface area contributed by atoms with Crippen molar-refractivity contribution >= 4 is 23.8 Å². The number of unbranched alkanes of at least 4 members (excludes halogenated alkanes) is 14. The number of hydrogen-bond donors (Lipinski definition) is 4. The molecule has 0 saturated heterocycles. The molecule has 0 aromatic carbocycles. The van der Waals surface area contributed by atoms with E-state index in [1.54, 1.807) is 6.92 Å². The van der Waals surface area contributed by atoms with Crippen LogP contribution in [0.25, 0.3) is 0 Å². The molecule has 4 N–H and O–H groups in total. The number of aliphatic carboxylic acids is 2. The molecule has 37 heavy (non-hydrogen) atoms. The van der Waals surface area contributed by atoms with Crippen LogP contribution in [0.5, 0.6) is 0 Å². The predicted octanol–water partition coefficient (Wildman–Crippen LogP) is 6.22. The van der Waals surface area contributed by atoms with Gasteiger partial charge in [-0.05, 0) is 38.5 Å². The molecular weight excluding hydrogens is 472 g/mol. The highest BCUT2D eigenvalue weighted by atomic mass is 16.4. The lowest BCUT2D eigenvalue weighted by molar-refractivity contribution is -0.141. The van der Waals surface area contributed by atoms with Gasteiger partial charge in [0.15, 0.2) is 0 Å². The SMILES string of the molecule is C[C@@H](CCCCNC(=O)CCCCCNC(=O)CCCCCCCCCCCCCCC(=O)O)C(=O)O. The second-order valence-electron chi connectivity index (χ2n) is 10.4. The molecule has 0 saturated carbocycles. The zero-order valence-corrected chi connectivity index (χ0v) is 23.4. The summed E-state index contributed by atoms with van der Waals surface area (Å²) in [6.07, 6.45) is 19.9. The van der Waals surface area contributed by atoms with Crippen LogP contribution in [0.1, 0.15) is 142 Å². The van der Waals surface area contributed by atoms with Gasteiger partial charge in [-0.15, -0.1) is 0 Å². The van der Waals surface area contributed by atoms with Gasteiger partial charge in [0.1, 0.15) is 0 Å². The molecule has 0 aliphatic carbocycles. The number of carbonyl (C=O) groups is 4. The van der Waals surface area contributed by atoms with Crippen LogP contribution in [0, 0.1) is 5.92 Å². The maximum Gasteiger partial charge on any atom is 0.306 e. The van der Waals surface area contributed by atoms with Crippen molar-refractivity contribution in [2.45, 2.75) is 142 Å². The molecule has 0 rings (SSSR count). The van der Waals surface area contributed by atoms with E-state index in [0.717, 1.165) is 64.2 Å². The lowest BCUT2D eigenvalue weighted by Gasteiger charge is -2.08. The minimum atomic E-state index is -0.769. The number of nitrogens with one attached hydrogen (secondary N) is 2. The second-order valence-corrected chi connectivity index (χ2v) is 10.4. The summed E-state index contributed by atoms with van der Waals surface area (Å²) >= 11 is 0. The third-order valence-electron chi connectivity index (χ3n) is 6.75. The smallest absolute Gasteiger partial charge is 0.306 e. The molecule has 0 unspecified atom stereocenters. The molecule has 0 aromatic rings. The first kappa shape index (κ1) is 34.9. The predicted molar refractivity (Wildman–Crippen MR) is 147 cm³/mol. The van der Waals surface area contributed by atoms with Gasteiger partial charge in [0, 0.05) is 32.4 Å². The van der Waals surface area contributed by atoms with Crippen molar-refractivity contribution < 1.29 is 29.4 Å². The third kappa shape index (κ3) is 26.7. The molecule has 216 valence electrons. The minimum absolute atomic E-state index is 0.0419. The number of hydrogen-bond acceptors (Lipinski definition) is 4. The summed E-state index contributed by atoms with van der Waals surface area (Å²) in [5, 5.41) is 23.3. The van der Waals surface area contributed by atoms with E-state index in [2.05, 4.69) is 10.6 Å². The van der Waals surface area contributed by atoms with Gasteiger partial charge in [-0.1, -0.05) is 84.0 Å². The highest BCUT2D eigenvalue weighted by molar-refractivity contribution is 5.76. The Kier molecular flexibility index (Phi) is 24.1. The molecule has 1 atom stereocenters. The second kappa shape index (κ2) is 25.5. The van der Waals surface area contributed by atoms with E-state index in [4.69, 9.17) is 10.2 Å². The van der Waals surface area contributed by atoms with Gasteiger partial charge in [0.25, 0.3) is 0 Å². The summed E-state index contributed by atoms with van der Waals surface area (Å²) in [5.41, 5.74) is 0. The quantitative estimate of drug-likeness (QED) is 0.0940. The van der Waals surface area contributed by atoms with Crippen LogP contribution in [0.2, 0.25) is 0 Å². The molecule has 0 aliphatic rings. The van der Waals surface area contributed by atoms with Gasteiger partial charge >= 0.3 is 11.9 Å². The Labute approximate surface area is 224 Å². The van der Waals surface area contributed by atoms with Gasteiger partial charge in [0.05, 0.1) is 5.92 Å². The van der Waals surface area contributed by atoms with Crippen molar-refractivity contribution in [2.24, 2.45) is 5.92 Å². The third-order valence-corrected chi connectivity index (χ3v) is 6.75. The molecule has 0 aliphatic heterocycles. The normalized spacial score (nSPS) is 11.7. The molecular formula is C29H54N2O6. The molecule has 0 radical (unpaired) electrons. The average Bonchev–Trinajstić information content (AvgIpc) is 2.85. The Hall–Kier alpha value is -2.12. The van der Waals surface area contributed by atoms with E-state index in [1.807, 2.05) is 0 Å². The zero-order chi connectivity index (χ0) is 27.6. The van der Waals surface area contributed by atoms with Gasteiger partial charge in [-0.2, -0.15) is 0 Å². The number of amides is 2. The highest BCUT2D eigenvalue weighted by Gasteiger charge is 2.09. The summed E-state index contributed by atoms with van der Waals surface area (Å²) in [6, 6.07) is 0. The average molecular weight is 527 g/mol. The van der Waals surface area contributed by atoms with Gasteiger partial charge < -0.3 is 20.8 Å². The van der Waals surface area contributed by atoms with E-state index >= 15 is 0 Å². The first-order valence-corrected chi connectivity index (χ1v) is 14.8. The summed E-state index contributed by atoms with van der Waals surface area (Å²) in [7, 11) is 0. The first-order chi connectivity index (χ1) is 17.8. The monoisotopic (exact) mass is 526 g/mol. The van der Waals surface area contributed by atoms with Gasteiger partial charge in [-0.25, -0.2) is 0 Å². The minimum Gasteiger partial charge on any atom is -0.481 e. The highest BCUT2D eigenvalue weighted by Crippen LogP contribution is 2.13. The number of carboxylic acid groups (broad SMARTS) is 2.